The van der Waals surface area contributed by atoms with Crippen molar-refractivity contribution in [3.8, 4) is 5.75 Å². The molecule has 3 rings (SSSR count). The highest BCUT2D eigenvalue weighted by atomic mass is 19.1. The van der Waals surface area contributed by atoms with Crippen molar-refractivity contribution in [2.24, 2.45) is 5.92 Å². The summed E-state index contributed by atoms with van der Waals surface area (Å²) in [6.07, 6.45) is 6.20. The zero-order valence-corrected chi connectivity index (χ0v) is 16.7. The second-order valence-electron chi connectivity index (χ2n) is 7.94. The molecule has 2 aromatic rings. The van der Waals surface area contributed by atoms with Crippen molar-refractivity contribution >= 4 is 5.91 Å². The minimum atomic E-state index is -0.785. The van der Waals surface area contributed by atoms with Crippen LogP contribution in [0.15, 0.2) is 36.7 Å². The van der Waals surface area contributed by atoms with Crippen molar-refractivity contribution in [2.45, 2.75) is 37.6 Å². The van der Waals surface area contributed by atoms with Crippen molar-refractivity contribution in [3.05, 3.63) is 59.4 Å². The SMILES string of the molecule is CN(C)[C@H](CNC(=O)C[C@@H](c1ccncc1)C1CC1)Cc1c(F)cc(O)cc1F. The summed E-state index contributed by atoms with van der Waals surface area (Å²) in [6, 6.07) is 5.43. The van der Waals surface area contributed by atoms with E-state index in [1.54, 1.807) is 26.5 Å². The van der Waals surface area contributed by atoms with Gasteiger partial charge in [0, 0.05) is 49.1 Å². The van der Waals surface area contributed by atoms with Crippen LogP contribution >= 0.6 is 0 Å². The molecular formula is C22H27F2N3O2. The van der Waals surface area contributed by atoms with Crippen LogP contribution in [0.2, 0.25) is 0 Å². The molecule has 0 spiro atoms. The fraction of sp³-hybridized carbons (Fsp3) is 0.455. The molecule has 1 heterocycles. The zero-order valence-electron chi connectivity index (χ0n) is 16.7. The third-order valence-electron chi connectivity index (χ3n) is 5.56. The Morgan fingerprint density at radius 3 is 2.41 bits per heavy atom. The number of nitrogens with zero attached hydrogens (tertiary/aromatic N) is 2. The van der Waals surface area contributed by atoms with Gasteiger partial charge in [0.2, 0.25) is 5.91 Å². The van der Waals surface area contributed by atoms with Gasteiger partial charge in [-0.25, -0.2) is 8.78 Å². The highest BCUT2D eigenvalue weighted by Crippen LogP contribution is 2.44. The van der Waals surface area contributed by atoms with Gasteiger partial charge in [-0.1, -0.05) is 0 Å². The number of hydrogen-bond acceptors (Lipinski definition) is 4. The van der Waals surface area contributed by atoms with E-state index >= 15 is 0 Å². The Morgan fingerprint density at radius 1 is 1.24 bits per heavy atom. The molecular weight excluding hydrogens is 376 g/mol. The van der Waals surface area contributed by atoms with E-state index in [9.17, 15) is 18.7 Å². The average Bonchev–Trinajstić information content (AvgIpc) is 3.50. The maximum Gasteiger partial charge on any atom is 0.220 e. The molecule has 5 nitrogen and oxygen atoms in total. The van der Waals surface area contributed by atoms with E-state index in [1.165, 1.54) is 0 Å². The first-order valence-corrected chi connectivity index (χ1v) is 9.85. The first kappa shape index (κ1) is 21.2. The second-order valence-corrected chi connectivity index (χ2v) is 7.94. The average molecular weight is 403 g/mol. The molecule has 1 saturated carbocycles. The van der Waals surface area contributed by atoms with E-state index < -0.39 is 17.4 Å². The van der Waals surface area contributed by atoms with Crippen molar-refractivity contribution < 1.29 is 18.7 Å². The monoisotopic (exact) mass is 403 g/mol. The molecule has 1 aromatic carbocycles. The zero-order chi connectivity index (χ0) is 21.0. The van der Waals surface area contributed by atoms with Crippen LogP contribution in [0.25, 0.3) is 0 Å². The van der Waals surface area contributed by atoms with Gasteiger partial charge in [-0.15, -0.1) is 0 Å². The Hall–Kier alpha value is -2.54. The molecule has 1 amide bonds. The summed E-state index contributed by atoms with van der Waals surface area (Å²) >= 11 is 0. The number of carbonyl (C=O) groups excluding carboxylic acids is 1. The van der Waals surface area contributed by atoms with Gasteiger partial charge in [0.15, 0.2) is 0 Å². The number of aromatic nitrogens is 1. The van der Waals surface area contributed by atoms with Crippen molar-refractivity contribution in [1.29, 1.82) is 0 Å². The standard InChI is InChI=1S/C22H27F2N3O2/c1-27(2)16(9-19-20(23)10-17(28)11-21(19)24)13-26-22(29)12-18(14-3-4-14)15-5-7-25-8-6-15/h5-8,10-11,14,16,18,28H,3-4,9,12-13H2,1-2H3,(H,26,29)/t16-,18+/m0/s1. The second kappa shape index (κ2) is 9.31. The molecule has 156 valence electrons. The molecule has 1 aliphatic rings. The van der Waals surface area contributed by atoms with Gasteiger partial charge in [0.05, 0.1) is 0 Å². The molecule has 0 aliphatic heterocycles. The topological polar surface area (TPSA) is 65.5 Å². The summed E-state index contributed by atoms with van der Waals surface area (Å²) in [7, 11) is 3.61. The van der Waals surface area contributed by atoms with E-state index in [1.807, 2.05) is 17.0 Å². The molecule has 7 heteroatoms. The predicted octanol–water partition coefficient (Wildman–Crippen LogP) is 3.24. The maximum atomic E-state index is 14.1. The molecule has 2 N–H and O–H groups in total. The molecule has 0 saturated heterocycles. The van der Waals surface area contributed by atoms with E-state index in [-0.39, 0.29) is 36.4 Å². The minimum Gasteiger partial charge on any atom is -0.508 e. The van der Waals surface area contributed by atoms with Gasteiger partial charge in [-0.05, 0) is 62.9 Å². The Balaban J connectivity index is 1.61. The van der Waals surface area contributed by atoms with Gasteiger partial charge in [0.25, 0.3) is 0 Å². The van der Waals surface area contributed by atoms with Crippen LogP contribution in [0.4, 0.5) is 8.78 Å². The molecule has 1 aliphatic carbocycles. The van der Waals surface area contributed by atoms with Crippen LogP contribution in [0.5, 0.6) is 5.75 Å². The lowest BCUT2D eigenvalue weighted by molar-refractivity contribution is -0.121. The molecule has 1 fully saturated rings. The first-order valence-electron chi connectivity index (χ1n) is 9.85. The van der Waals surface area contributed by atoms with Gasteiger partial charge in [-0.2, -0.15) is 0 Å². The number of rotatable bonds is 9. The quantitative estimate of drug-likeness (QED) is 0.675. The van der Waals surface area contributed by atoms with Gasteiger partial charge < -0.3 is 15.3 Å². The summed E-state index contributed by atoms with van der Waals surface area (Å²) < 4.78 is 28.2. The van der Waals surface area contributed by atoms with Crippen LogP contribution in [0.3, 0.4) is 0 Å². The highest BCUT2D eigenvalue weighted by molar-refractivity contribution is 5.77. The smallest absolute Gasteiger partial charge is 0.220 e. The summed E-state index contributed by atoms with van der Waals surface area (Å²) in [4.78, 5) is 18.5. The number of amides is 1. The van der Waals surface area contributed by atoms with E-state index in [0.717, 1.165) is 30.5 Å². The maximum absolute atomic E-state index is 14.1. The lowest BCUT2D eigenvalue weighted by atomic mass is 9.91. The number of halogens is 2. The van der Waals surface area contributed by atoms with E-state index in [0.29, 0.717) is 12.3 Å². The van der Waals surface area contributed by atoms with Crippen molar-refractivity contribution in [3.63, 3.8) is 0 Å². The number of hydrogen-bond donors (Lipinski definition) is 2. The Kier molecular flexibility index (Phi) is 6.79. The molecule has 0 bridgehead atoms. The lowest BCUT2D eigenvalue weighted by Crippen LogP contribution is -2.42. The predicted molar refractivity (Wildman–Crippen MR) is 107 cm³/mol. The summed E-state index contributed by atoms with van der Waals surface area (Å²) in [5.41, 5.74) is 1.03. The first-order chi connectivity index (χ1) is 13.8. The van der Waals surface area contributed by atoms with Gasteiger partial charge in [0.1, 0.15) is 17.4 Å². The fourth-order valence-corrected chi connectivity index (χ4v) is 3.63. The summed E-state index contributed by atoms with van der Waals surface area (Å²) in [5.74, 6) is -1.40. The Morgan fingerprint density at radius 2 is 1.86 bits per heavy atom. The molecule has 0 unspecified atom stereocenters. The van der Waals surface area contributed by atoms with Gasteiger partial charge in [-0.3, -0.25) is 9.78 Å². The van der Waals surface area contributed by atoms with Crippen LogP contribution in [-0.2, 0) is 11.2 Å². The van der Waals surface area contributed by atoms with Crippen molar-refractivity contribution in [2.75, 3.05) is 20.6 Å². The normalized spacial score (nSPS) is 15.9. The molecule has 0 radical (unpaired) electrons. The van der Waals surface area contributed by atoms with Crippen LogP contribution in [-0.4, -0.2) is 47.6 Å². The van der Waals surface area contributed by atoms with E-state index in [2.05, 4.69) is 10.3 Å². The minimum absolute atomic E-state index is 0.0720. The number of phenols is 1. The fourth-order valence-electron chi connectivity index (χ4n) is 3.63. The van der Waals surface area contributed by atoms with Crippen LogP contribution < -0.4 is 5.32 Å². The van der Waals surface area contributed by atoms with Crippen LogP contribution in [0.1, 0.15) is 36.3 Å². The number of aromatic hydroxyl groups is 1. The Labute approximate surface area is 169 Å². The van der Waals surface area contributed by atoms with Crippen LogP contribution in [0, 0.1) is 17.6 Å². The third-order valence-corrected chi connectivity index (χ3v) is 5.56. The third kappa shape index (κ3) is 5.73. The van der Waals surface area contributed by atoms with Gasteiger partial charge >= 0.3 is 0 Å². The van der Waals surface area contributed by atoms with E-state index in [4.69, 9.17) is 0 Å². The summed E-state index contributed by atoms with van der Waals surface area (Å²) in [5, 5.41) is 12.2. The number of carbonyl (C=O) groups is 1. The number of nitrogens with one attached hydrogen (secondary N) is 1. The number of likely N-dealkylation sites (N-methyl/N-ethyl adjacent to an activating group) is 1. The highest BCUT2D eigenvalue weighted by Gasteiger charge is 2.33. The lowest BCUT2D eigenvalue weighted by Gasteiger charge is -2.26. The Bertz CT molecular complexity index is 818. The number of benzene rings is 1. The van der Waals surface area contributed by atoms with Crippen molar-refractivity contribution in [1.82, 2.24) is 15.2 Å². The number of phenolic OH excluding ortho intramolecular Hbond substituents is 1. The molecule has 2 atom stereocenters. The molecule has 1 aromatic heterocycles. The number of pyridine rings is 1. The summed E-state index contributed by atoms with van der Waals surface area (Å²) in [6.45, 7) is 0.277. The molecule has 29 heavy (non-hydrogen) atoms. The largest absolute Gasteiger partial charge is 0.508 e.